The van der Waals surface area contributed by atoms with E-state index in [1.54, 1.807) is 6.07 Å². The van der Waals surface area contributed by atoms with Crippen LogP contribution in [0.25, 0.3) is 61.1 Å². The molecule has 3 aromatic heterocycles. The third kappa shape index (κ3) is 2.76. The van der Waals surface area contributed by atoms with Crippen molar-refractivity contribution < 1.29 is 12.6 Å². The van der Waals surface area contributed by atoms with Gasteiger partial charge in [-0.15, -0.1) is 0 Å². The minimum absolute atomic E-state index is 0.0223. The Morgan fingerprint density at radius 2 is 1.45 bits per heavy atom. The van der Waals surface area contributed by atoms with E-state index in [1.807, 2.05) is 36.4 Å². The van der Waals surface area contributed by atoms with Crippen molar-refractivity contribution in [3.8, 4) is 17.3 Å². The Morgan fingerprint density at radius 3 is 2.24 bits per heavy atom. The van der Waals surface area contributed by atoms with Crippen LogP contribution in [0.1, 0.15) is 8.22 Å². The third-order valence-electron chi connectivity index (χ3n) is 5.56. The average molecular weight is 453 g/mol. The minimum atomic E-state index is -0.223. The summed E-state index contributed by atoms with van der Waals surface area (Å²) in [6.07, 6.45) is 0. The molecule has 0 amide bonds. The van der Waals surface area contributed by atoms with E-state index >= 15 is 0 Å². The van der Waals surface area contributed by atoms with Crippen molar-refractivity contribution in [2.75, 3.05) is 0 Å². The molecular weight excluding hydrogens is 432 g/mol. The van der Waals surface area contributed by atoms with Crippen molar-refractivity contribution >= 4 is 55.3 Å². The molecule has 4 aromatic carbocycles. The van der Waals surface area contributed by atoms with Gasteiger partial charge < -0.3 is 4.42 Å². The zero-order chi connectivity index (χ0) is 27.2. The van der Waals surface area contributed by atoms with Crippen LogP contribution in [0.2, 0.25) is 5.28 Å². The summed E-state index contributed by atoms with van der Waals surface area (Å²) in [4.78, 5) is 13.2. The molecule has 0 spiro atoms. The smallest absolute Gasteiger partial charge is 0.239 e. The topological polar surface area (TPSA) is 56.7 Å². The summed E-state index contributed by atoms with van der Waals surface area (Å²) >= 11 is 6.37. The first-order valence-corrected chi connectivity index (χ1v) is 10.5. The summed E-state index contributed by atoms with van der Waals surface area (Å²) < 4.78 is 58.0. The highest BCUT2D eigenvalue weighted by Gasteiger charge is 2.17. The Hall–Kier alpha value is -4.22. The van der Waals surface area contributed by atoms with Crippen LogP contribution in [-0.2, 0) is 0 Å². The standard InChI is InChI=1S/C27H15ClN4O/c28-26-29-25(16-13-14-20-19-9-3-6-12-23(19)33-24(20)15-16)30-27(31-26)32-21-10-4-1-7-17(21)18-8-2-5-11-22(18)32/h1-15H/i1D,2D,7D,8D,10D,11D. The van der Waals surface area contributed by atoms with Gasteiger partial charge in [-0.3, -0.25) is 4.57 Å². The van der Waals surface area contributed by atoms with Gasteiger partial charge in [0.15, 0.2) is 5.82 Å². The molecule has 0 aliphatic heterocycles. The molecule has 7 aromatic rings. The van der Waals surface area contributed by atoms with Gasteiger partial charge in [0.25, 0.3) is 0 Å². The van der Waals surface area contributed by atoms with E-state index in [4.69, 9.17) is 24.2 Å². The third-order valence-corrected chi connectivity index (χ3v) is 5.73. The highest BCUT2D eigenvalue weighted by molar-refractivity contribution is 6.28. The molecule has 0 fully saturated rings. The van der Waals surface area contributed by atoms with Gasteiger partial charge in [0.05, 0.1) is 19.3 Å². The number of furan rings is 1. The number of aromatic nitrogens is 4. The first kappa shape index (κ1) is 13.4. The van der Waals surface area contributed by atoms with Gasteiger partial charge in [0.2, 0.25) is 11.2 Å². The van der Waals surface area contributed by atoms with Gasteiger partial charge in [-0.2, -0.15) is 15.0 Å². The van der Waals surface area contributed by atoms with Gasteiger partial charge in [-0.1, -0.05) is 60.6 Å². The molecule has 0 bridgehead atoms. The molecular formula is C27H15ClN4O. The van der Waals surface area contributed by atoms with Gasteiger partial charge in [0.1, 0.15) is 11.2 Å². The molecule has 0 radical (unpaired) electrons. The van der Waals surface area contributed by atoms with Crippen molar-refractivity contribution in [2.24, 2.45) is 0 Å². The zero-order valence-corrected chi connectivity index (χ0v) is 17.5. The molecule has 0 unspecified atom stereocenters. The molecule has 0 aliphatic rings. The number of benzene rings is 4. The molecule has 5 nitrogen and oxygen atoms in total. The Labute approximate surface area is 201 Å². The summed E-state index contributed by atoms with van der Waals surface area (Å²) in [6.45, 7) is 0. The van der Waals surface area contributed by atoms with Crippen molar-refractivity contribution in [3.63, 3.8) is 0 Å². The molecule has 7 rings (SSSR count). The van der Waals surface area contributed by atoms with Crippen molar-refractivity contribution in [1.29, 1.82) is 0 Å². The second-order valence-electron chi connectivity index (χ2n) is 7.44. The Morgan fingerprint density at radius 1 is 0.727 bits per heavy atom. The van der Waals surface area contributed by atoms with Crippen LogP contribution in [-0.4, -0.2) is 19.5 Å². The maximum absolute atomic E-state index is 8.62. The monoisotopic (exact) mass is 452 g/mol. The SMILES string of the molecule is [2H]c1cc([2H])c2c(c1[2H])c1c([2H])c([2H])cc([2H])c1n2-c1nc(Cl)nc(-c2ccc3c(c2)oc2ccccc23)n1. The largest absolute Gasteiger partial charge is 0.456 e. The number of hydrogen-bond donors (Lipinski definition) is 0. The van der Waals surface area contributed by atoms with Crippen LogP contribution in [0.3, 0.4) is 0 Å². The second kappa shape index (κ2) is 6.89. The normalized spacial score (nSPS) is 14.3. The van der Waals surface area contributed by atoms with Gasteiger partial charge in [-0.05, 0) is 41.9 Å². The lowest BCUT2D eigenvalue weighted by atomic mass is 10.1. The van der Waals surface area contributed by atoms with Crippen LogP contribution in [0.4, 0.5) is 0 Å². The first-order chi connectivity index (χ1) is 18.7. The minimum Gasteiger partial charge on any atom is -0.456 e. The molecule has 0 aliphatic carbocycles. The van der Waals surface area contributed by atoms with Gasteiger partial charge in [-0.25, -0.2) is 0 Å². The fourth-order valence-electron chi connectivity index (χ4n) is 4.15. The highest BCUT2D eigenvalue weighted by Crippen LogP contribution is 2.33. The van der Waals surface area contributed by atoms with Crippen LogP contribution >= 0.6 is 11.6 Å². The number of rotatable bonds is 2. The lowest BCUT2D eigenvalue weighted by Gasteiger charge is -2.08. The molecule has 33 heavy (non-hydrogen) atoms. The Bertz CT molecular complexity index is 2100. The predicted molar refractivity (Wildman–Crippen MR) is 132 cm³/mol. The van der Waals surface area contributed by atoms with E-state index < -0.39 is 0 Å². The van der Waals surface area contributed by atoms with E-state index in [-0.39, 0.29) is 75.1 Å². The van der Waals surface area contributed by atoms with Crippen LogP contribution in [0.5, 0.6) is 0 Å². The van der Waals surface area contributed by atoms with Crippen LogP contribution in [0.15, 0.2) is 95.3 Å². The zero-order valence-electron chi connectivity index (χ0n) is 22.8. The van der Waals surface area contributed by atoms with Gasteiger partial charge in [0, 0.05) is 27.1 Å². The maximum Gasteiger partial charge on any atom is 0.239 e. The van der Waals surface area contributed by atoms with Crippen LogP contribution < -0.4 is 0 Å². The fourth-order valence-corrected chi connectivity index (χ4v) is 4.30. The molecule has 3 heterocycles. The number of halogens is 1. The van der Waals surface area contributed by atoms with Gasteiger partial charge >= 0.3 is 0 Å². The van der Waals surface area contributed by atoms with Crippen molar-refractivity contribution in [2.45, 2.75) is 0 Å². The van der Waals surface area contributed by atoms with E-state index in [9.17, 15) is 0 Å². The summed E-state index contributed by atoms with van der Waals surface area (Å²) in [5, 5.41) is 1.98. The molecule has 0 saturated heterocycles. The van der Waals surface area contributed by atoms with Crippen molar-refractivity contribution in [1.82, 2.24) is 19.5 Å². The molecule has 0 N–H and O–H groups in total. The molecule has 6 heteroatoms. The predicted octanol–water partition coefficient (Wildman–Crippen LogP) is 7.19. The number of hydrogen-bond acceptors (Lipinski definition) is 4. The molecule has 0 saturated carbocycles. The first-order valence-electron chi connectivity index (χ1n) is 13.1. The molecule has 0 atom stereocenters. The van der Waals surface area contributed by atoms with E-state index in [0.717, 1.165) is 16.4 Å². The maximum atomic E-state index is 8.62. The van der Waals surface area contributed by atoms with E-state index in [0.29, 0.717) is 11.1 Å². The summed E-state index contributed by atoms with van der Waals surface area (Å²) in [7, 11) is 0. The lowest BCUT2D eigenvalue weighted by molar-refractivity contribution is 0.669. The second-order valence-corrected chi connectivity index (χ2v) is 7.77. The summed E-state index contributed by atoms with van der Waals surface area (Å²) in [6, 6.07) is 14.6. The fraction of sp³-hybridized carbons (Fsp3) is 0. The Balaban J connectivity index is 1.55. The van der Waals surface area contributed by atoms with E-state index in [1.165, 1.54) is 16.7 Å². The molecule has 156 valence electrons. The van der Waals surface area contributed by atoms with E-state index in [2.05, 4.69) is 15.0 Å². The summed E-state index contributed by atoms with van der Waals surface area (Å²) in [5.74, 6) is 0.192. The lowest BCUT2D eigenvalue weighted by Crippen LogP contribution is -2.04. The average Bonchev–Trinajstić information content (AvgIpc) is 3.47. The number of para-hydroxylation sites is 3. The summed E-state index contributed by atoms with van der Waals surface area (Å²) in [5.41, 5.74) is 2.25. The number of nitrogens with zero attached hydrogens (tertiary/aromatic N) is 4. The van der Waals surface area contributed by atoms with Crippen molar-refractivity contribution in [3.05, 3.63) is 96.1 Å². The highest BCUT2D eigenvalue weighted by atomic mass is 35.5. The van der Waals surface area contributed by atoms with Crippen LogP contribution in [0, 0.1) is 0 Å². The number of fused-ring (bicyclic) bond motifs is 6. The quantitative estimate of drug-likeness (QED) is 0.278. The Kier molecular flexibility index (Phi) is 2.79.